The highest BCUT2D eigenvalue weighted by Gasteiger charge is 2.18. The van der Waals surface area contributed by atoms with Gasteiger partial charge in [0.1, 0.15) is 13.1 Å². The van der Waals surface area contributed by atoms with Crippen molar-refractivity contribution in [3.63, 3.8) is 0 Å². The van der Waals surface area contributed by atoms with Gasteiger partial charge in [-0.15, -0.1) is 0 Å². The number of amides is 1. The Morgan fingerprint density at radius 3 is 2.80 bits per heavy atom. The van der Waals surface area contributed by atoms with E-state index in [1.807, 2.05) is 0 Å². The molecule has 0 spiro atoms. The van der Waals surface area contributed by atoms with E-state index in [4.69, 9.17) is 17.0 Å². The van der Waals surface area contributed by atoms with Crippen molar-refractivity contribution >= 4 is 28.9 Å². The van der Waals surface area contributed by atoms with Gasteiger partial charge in [0.15, 0.2) is 5.11 Å². The predicted octanol–water partition coefficient (Wildman–Crippen LogP) is -0.187. The number of nitro groups is 1. The van der Waals surface area contributed by atoms with Crippen molar-refractivity contribution in [2.24, 2.45) is 0 Å². The molecule has 1 aliphatic heterocycles. The number of ether oxygens (including phenoxy) is 1. The van der Waals surface area contributed by atoms with Gasteiger partial charge in [-0.25, -0.2) is 0 Å². The van der Waals surface area contributed by atoms with Gasteiger partial charge in [-0.05, 0) is 25.2 Å². The smallest absolute Gasteiger partial charge is 0.273 e. The summed E-state index contributed by atoms with van der Waals surface area (Å²) in [6.45, 7) is 6.89. The van der Waals surface area contributed by atoms with Crippen LogP contribution in [0.4, 0.5) is 5.69 Å². The first-order valence-corrected chi connectivity index (χ1v) is 8.64. The van der Waals surface area contributed by atoms with E-state index in [-0.39, 0.29) is 16.4 Å². The van der Waals surface area contributed by atoms with Crippen LogP contribution >= 0.6 is 12.2 Å². The van der Waals surface area contributed by atoms with Crippen molar-refractivity contribution in [3.8, 4) is 0 Å². The van der Waals surface area contributed by atoms with Crippen molar-refractivity contribution in [1.82, 2.24) is 10.6 Å². The highest BCUT2D eigenvalue weighted by molar-refractivity contribution is 7.80. The molecule has 0 atom stereocenters. The summed E-state index contributed by atoms with van der Waals surface area (Å²) < 4.78 is 5.32. The van der Waals surface area contributed by atoms with Crippen LogP contribution in [0.5, 0.6) is 0 Å². The second-order valence-corrected chi connectivity index (χ2v) is 6.29. The summed E-state index contributed by atoms with van der Waals surface area (Å²) in [4.78, 5) is 24.2. The number of nitrogens with one attached hydrogen (secondary N) is 3. The van der Waals surface area contributed by atoms with Gasteiger partial charge in [0, 0.05) is 30.2 Å². The van der Waals surface area contributed by atoms with Crippen molar-refractivity contribution in [2.45, 2.75) is 13.3 Å². The Labute approximate surface area is 151 Å². The summed E-state index contributed by atoms with van der Waals surface area (Å²) in [5, 5.41) is 16.8. The lowest BCUT2D eigenvalue weighted by atomic mass is 10.1. The Hall–Kier alpha value is -2.10. The number of morpholine rings is 1. The third kappa shape index (κ3) is 5.73. The standard InChI is InChI=1S/C16H22N4O4S/c1-12-13(4-2-5-14(12)20(22)23)15(21)18-16(25)17-6-3-7-19-8-10-24-11-9-19/h2,4-5H,3,6-11H2,1H3,(H2,17,18,21,25)/p+1. The number of nitro benzene ring substituents is 1. The molecule has 1 aliphatic rings. The van der Waals surface area contributed by atoms with E-state index in [2.05, 4.69) is 10.6 Å². The molecule has 0 saturated carbocycles. The number of benzene rings is 1. The molecule has 0 unspecified atom stereocenters. The highest BCUT2D eigenvalue weighted by Crippen LogP contribution is 2.20. The Kier molecular flexibility index (Phi) is 7.23. The maximum Gasteiger partial charge on any atom is 0.273 e. The minimum Gasteiger partial charge on any atom is -0.370 e. The number of hydrogen-bond donors (Lipinski definition) is 3. The molecule has 0 aromatic heterocycles. The normalized spacial score (nSPS) is 14.8. The molecule has 1 aromatic rings. The zero-order chi connectivity index (χ0) is 18.2. The summed E-state index contributed by atoms with van der Waals surface area (Å²) in [7, 11) is 0. The molecule has 8 nitrogen and oxygen atoms in total. The number of hydrogen-bond acceptors (Lipinski definition) is 5. The number of carbonyl (C=O) groups excluding carboxylic acids is 1. The van der Waals surface area contributed by atoms with E-state index < -0.39 is 10.8 Å². The third-order valence-electron chi connectivity index (χ3n) is 4.17. The Bertz CT molecular complexity index is 647. The lowest BCUT2D eigenvalue weighted by molar-refractivity contribution is -0.908. The zero-order valence-electron chi connectivity index (χ0n) is 14.2. The molecule has 1 aromatic carbocycles. The third-order valence-corrected chi connectivity index (χ3v) is 4.41. The highest BCUT2D eigenvalue weighted by atomic mass is 32.1. The topological polar surface area (TPSA) is 97.9 Å². The molecule has 1 amide bonds. The molecule has 9 heteroatoms. The van der Waals surface area contributed by atoms with E-state index in [0.717, 1.165) is 39.3 Å². The fourth-order valence-corrected chi connectivity index (χ4v) is 2.93. The van der Waals surface area contributed by atoms with Crippen LogP contribution in [0.15, 0.2) is 18.2 Å². The van der Waals surface area contributed by atoms with Crippen LogP contribution in [0.25, 0.3) is 0 Å². The zero-order valence-corrected chi connectivity index (χ0v) is 15.0. The molecule has 1 heterocycles. The predicted molar refractivity (Wildman–Crippen MR) is 96.9 cm³/mol. The molecule has 1 saturated heterocycles. The number of rotatable bonds is 6. The molecule has 1 fully saturated rings. The average Bonchev–Trinajstić information content (AvgIpc) is 2.59. The van der Waals surface area contributed by atoms with Gasteiger partial charge < -0.3 is 15.0 Å². The van der Waals surface area contributed by atoms with Crippen molar-refractivity contribution in [1.29, 1.82) is 0 Å². The van der Waals surface area contributed by atoms with Gasteiger partial charge in [-0.3, -0.25) is 20.2 Å². The van der Waals surface area contributed by atoms with Crippen molar-refractivity contribution in [2.75, 3.05) is 39.4 Å². The minimum atomic E-state index is -0.503. The minimum absolute atomic E-state index is 0.0833. The second-order valence-electron chi connectivity index (χ2n) is 5.88. The SMILES string of the molecule is Cc1c(C(=O)NC(=S)NCCC[NH+]2CCOCC2)cccc1[N+](=O)[O-]. The van der Waals surface area contributed by atoms with Crippen LogP contribution < -0.4 is 15.5 Å². The van der Waals surface area contributed by atoms with E-state index in [0.29, 0.717) is 12.1 Å². The summed E-state index contributed by atoms with van der Waals surface area (Å²) in [6, 6.07) is 4.40. The van der Waals surface area contributed by atoms with Crippen LogP contribution in [0.2, 0.25) is 0 Å². The molecule has 0 bridgehead atoms. The maximum absolute atomic E-state index is 12.3. The molecule has 2 rings (SSSR count). The average molecular weight is 367 g/mol. The Balaban J connectivity index is 1.77. The number of quaternary nitrogens is 1. The van der Waals surface area contributed by atoms with Crippen molar-refractivity contribution in [3.05, 3.63) is 39.4 Å². The van der Waals surface area contributed by atoms with Gasteiger partial charge in [0.25, 0.3) is 11.6 Å². The van der Waals surface area contributed by atoms with Crippen LogP contribution in [-0.2, 0) is 4.74 Å². The van der Waals surface area contributed by atoms with Gasteiger partial charge >= 0.3 is 0 Å². The molecule has 3 N–H and O–H groups in total. The van der Waals surface area contributed by atoms with Gasteiger partial charge in [0.2, 0.25) is 0 Å². The quantitative estimate of drug-likeness (QED) is 0.279. The van der Waals surface area contributed by atoms with Crippen LogP contribution in [0.1, 0.15) is 22.3 Å². The number of thiocarbonyl (C=S) groups is 1. The summed E-state index contributed by atoms with van der Waals surface area (Å²) in [5.74, 6) is -0.447. The van der Waals surface area contributed by atoms with E-state index in [1.54, 1.807) is 13.0 Å². The summed E-state index contributed by atoms with van der Waals surface area (Å²) >= 11 is 5.12. The van der Waals surface area contributed by atoms with Crippen LogP contribution in [0, 0.1) is 17.0 Å². The fourth-order valence-electron chi connectivity index (χ4n) is 2.73. The molecule has 136 valence electrons. The maximum atomic E-state index is 12.3. The molecule has 0 radical (unpaired) electrons. The fraction of sp³-hybridized carbons (Fsp3) is 0.500. The van der Waals surface area contributed by atoms with Gasteiger partial charge in [0.05, 0.1) is 24.7 Å². The lowest BCUT2D eigenvalue weighted by Gasteiger charge is -2.23. The Morgan fingerprint density at radius 2 is 2.12 bits per heavy atom. The largest absolute Gasteiger partial charge is 0.370 e. The van der Waals surface area contributed by atoms with E-state index >= 15 is 0 Å². The molecular weight excluding hydrogens is 344 g/mol. The first kappa shape index (κ1) is 19.2. The summed E-state index contributed by atoms with van der Waals surface area (Å²) in [6.07, 6.45) is 0.932. The lowest BCUT2D eigenvalue weighted by Crippen LogP contribution is -3.14. The van der Waals surface area contributed by atoms with E-state index in [1.165, 1.54) is 17.0 Å². The number of nitrogens with zero attached hydrogens (tertiary/aromatic N) is 1. The van der Waals surface area contributed by atoms with Gasteiger partial charge in [-0.2, -0.15) is 0 Å². The second kappa shape index (κ2) is 9.40. The number of carbonyl (C=O) groups is 1. The van der Waals surface area contributed by atoms with Gasteiger partial charge in [-0.1, -0.05) is 6.07 Å². The molecular formula is C16H23N4O4S+. The molecule has 0 aliphatic carbocycles. The van der Waals surface area contributed by atoms with E-state index in [9.17, 15) is 14.9 Å². The first-order valence-electron chi connectivity index (χ1n) is 8.23. The van der Waals surface area contributed by atoms with Crippen molar-refractivity contribution < 1.29 is 19.4 Å². The van der Waals surface area contributed by atoms with Crippen LogP contribution in [0.3, 0.4) is 0 Å². The van der Waals surface area contributed by atoms with Crippen LogP contribution in [-0.4, -0.2) is 55.3 Å². The Morgan fingerprint density at radius 1 is 1.40 bits per heavy atom. The summed E-state index contributed by atoms with van der Waals surface area (Å²) in [5.41, 5.74) is 0.486. The molecule has 25 heavy (non-hydrogen) atoms. The monoisotopic (exact) mass is 367 g/mol. The first-order chi connectivity index (χ1) is 12.0.